The van der Waals surface area contributed by atoms with Crippen molar-refractivity contribution in [1.29, 1.82) is 0 Å². The van der Waals surface area contributed by atoms with Crippen molar-refractivity contribution in [3.8, 4) is 0 Å². The van der Waals surface area contributed by atoms with Crippen molar-refractivity contribution in [2.45, 2.75) is 17.1 Å². The molecule has 0 amide bonds. The van der Waals surface area contributed by atoms with E-state index in [9.17, 15) is 9.18 Å². The number of carboxylic acids is 1. The molecule has 1 heterocycles. The van der Waals surface area contributed by atoms with Gasteiger partial charge < -0.3 is 9.52 Å². The molecule has 1 atom stereocenters. The zero-order valence-electron chi connectivity index (χ0n) is 9.59. The van der Waals surface area contributed by atoms with Crippen molar-refractivity contribution in [3.05, 3.63) is 53.7 Å². The van der Waals surface area contributed by atoms with Crippen LogP contribution >= 0.6 is 11.8 Å². The summed E-state index contributed by atoms with van der Waals surface area (Å²) in [5, 5.41) is 8.67. The van der Waals surface area contributed by atoms with Crippen LogP contribution < -0.4 is 0 Å². The Balaban J connectivity index is 2.11. The minimum absolute atomic E-state index is 0.0834. The van der Waals surface area contributed by atoms with Gasteiger partial charge in [-0.05, 0) is 37.3 Å². The fourth-order valence-electron chi connectivity index (χ4n) is 1.49. The average molecular weight is 266 g/mol. The molecule has 0 fully saturated rings. The van der Waals surface area contributed by atoms with Gasteiger partial charge in [-0.25, -0.2) is 9.18 Å². The van der Waals surface area contributed by atoms with E-state index in [0.717, 1.165) is 4.90 Å². The molecule has 1 N–H and O–H groups in total. The van der Waals surface area contributed by atoms with E-state index in [1.54, 1.807) is 18.2 Å². The third-order valence-corrected chi connectivity index (χ3v) is 3.46. The fraction of sp³-hybridized carbons (Fsp3) is 0.154. The first-order valence-corrected chi connectivity index (χ1v) is 6.19. The van der Waals surface area contributed by atoms with Crippen LogP contribution in [0.25, 0.3) is 0 Å². The quantitative estimate of drug-likeness (QED) is 0.851. The number of carbonyl (C=O) groups is 1. The molecule has 0 aliphatic rings. The monoisotopic (exact) mass is 266 g/mol. The molecule has 0 aliphatic heterocycles. The van der Waals surface area contributed by atoms with Gasteiger partial charge in [0, 0.05) is 4.90 Å². The fourth-order valence-corrected chi connectivity index (χ4v) is 2.48. The van der Waals surface area contributed by atoms with Crippen molar-refractivity contribution in [3.63, 3.8) is 0 Å². The molecule has 1 aromatic heterocycles. The van der Waals surface area contributed by atoms with Crippen LogP contribution in [-0.2, 0) is 0 Å². The molecular formula is C13H11FO3S. The Hall–Kier alpha value is -1.75. The van der Waals surface area contributed by atoms with Gasteiger partial charge in [0.05, 0.1) is 5.25 Å². The van der Waals surface area contributed by atoms with Crippen molar-refractivity contribution in [2.75, 3.05) is 0 Å². The van der Waals surface area contributed by atoms with Crippen molar-refractivity contribution in [1.82, 2.24) is 0 Å². The third kappa shape index (κ3) is 2.92. The van der Waals surface area contributed by atoms with E-state index in [4.69, 9.17) is 9.52 Å². The molecule has 2 aromatic rings. The van der Waals surface area contributed by atoms with E-state index in [2.05, 4.69) is 0 Å². The normalized spacial score (nSPS) is 12.3. The lowest BCUT2D eigenvalue weighted by Crippen LogP contribution is -1.92. The number of rotatable bonds is 4. The second-order valence-electron chi connectivity index (χ2n) is 3.72. The Morgan fingerprint density at radius 1 is 1.39 bits per heavy atom. The highest BCUT2D eigenvalue weighted by Crippen LogP contribution is 2.35. The van der Waals surface area contributed by atoms with Gasteiger partial charge in [0.25, 0.3) is 0 Å². The van der Waals surface area contributed by atoms with Crippen LogP contribution in [0.4, 0.5) is 4.39 Å². The maximum Gasteiger partial charge on any atom is 0.371 e. The number of benzene rings is 1. The first-order valence-electron chi connectivity index (χ1n) is 5.31. The lowest BCUT2D eigenvalue weighted by atomic mass is 10.3. The number of carboxylic acid groups (broad SMARTS) is 1. The number of hydrogen-bond acceptors (Lipinski definition) is 3. The Kier molecular flexibility index (Phi) is 3.72. The molecule has 1 unspecified atom stereocenters. The van der Waals surface area contributed by atoms with Gasteiger partial charge in [-0.3, -0.25) is 0 Å². The molecule has 0 saturated carbocycles. The molecule has 18 heavy (non-hydrogen) atoms. The number of halogens is 1. The topological polar surface area (TPSA) is 50.4 Å². The van der Waals surface area contributed by atoms with Crippen LogP contribution in [0, 0.1) is 5.82 Å². The maximum absolute atomic E-state index is 13.0. The van der Waals surface area contributed by atoms with Crippen LogP contribution in [0.3, 0.4) is 0 Å². The number of thioether (sulfide) groups is 1. The standard InChI is InChI=1S/C13H11FO3S/c1-8(11-5-6-12(17-11)13(15)16)18-10-4-2-3-9(14)7-10/h2-8H,1H3,(H,15,16). The van der Waals surface area contributed by atoms with Crippen LogP contribution in [0.2, 0.25) is 0 Å². The van der Waals surface area contributed by atoms with Crippen LogP contribution in [0.5, 0.6) is 0 Å². The first kappa shape index (κ1) is 12.7. The molecule has 3 nitrogen and oxygen atoms in total. The van der Waals surface area contributed by atoms with Crippen LogP contribution in [-0.4, -0.2) is 11.1 Å². The van der Waals surface area contributed by atoms with Gasteiger partial charge in [0.1, 0.15) is 11.6 Å². The van der Waals surface area contributed by atoms with E-state index in [0.29, 0.717) is 5.76 Å². The molecule has 0 spiro atoms. The van der Waals surface area contributed by atoms with E-state index in [1.807, 2.05) is 6.92 Å². The molecular weight excluding hydrogens is 255 g/mol. The SMILES string of the molecule is CC(Sc1cccc(F)c1)c1ccc(C(=O)O)o1. The van der Waals surface area contributed by atoms with Gasteiger partial charge in [-0.2, -0.15) is 0 Å². The van der Waals surface area contributed by atoms with Gasteiger partial charge >= 0.3 is 5.97 Å². The first-order chi connectivity index (χ1) is 8.56. The van der Waals surface area contributed by atoms with Crippen molar-refractivity contribution >= 4 is 17.7 Å². The zero-order valence-corrected chi connectivity index (χ0v) is 10.4. The number of furan rings is 1. The second kappa shape index (κ2) is 5.27. The van der Waals surface area contributed by atoms with Gasteiger partial charge in [0.15, 0.2) is 0 Å². The number of hydrogen-bond donors (Lipinski definition) is 1. The highest BCUT2D eigenvalue weighted by atomic mass is 32.2. The smallest absolute Gasteiger partial charge is 0.371 e. The summed E-state index contributed by atoms with van der Waals surface area (Å²) in [6.45, 7) is 1.88. The molecule has 0 radical (unpaired) electrons. The molecule has 0 saturated heterocycles. The van der Waals surface area contributed by atoms with Gasteiger partial charge in [-0.1, -0.05) is 6.07 Å². The van der Waals surface area contributed by atoms with E-state index < -0.39 is 5.97 Å². The predicted molar refractivity (Wildman–Crippen MR) is 66.3 cm³/mol. The van der Waals surface area contributed by atoms with E-state index in [-0.39, 0.29) is 16.8 Å². The van der Waals surface area contributed by atoms with Crippen molar-refractivity contribution in [2.24, 2.45) is 0 Å². The van der Waals surface area contributed by atoms with Crippen LogP contribution in [0.15, 0.2) is 45.7 Å². The summed E-state index contributed by atoms with van der Waals surface area (Å²) in [4.78, 5) is 11.5. The molecule has 0 bridgehead atoms. The van der Waals surface area contributed by atoms with Crippen molar-refractivity contribution < 1.29 is 18.7 Å². The molecule has 1 aromatic carbocycles. The Labute approximate surface area is 108 Å². The minimum Gasteiger partial charge on any atom is -0.475 e. The summed E-state index contributed by atoms with van der Waals surface area (Å²) in [6.07, 6.45) is 0. The third-order valence-electron chi connectivity index (χ3n) is 2.35. The van der Waals surface area contributed by atoms with Crippen LogP contribution in [0.1, 0.15) is 28.5 Å². The zero-order chi connectivity index (χ0) is 13.1. The molecule has 0 aliphatic carbocycles. The summed E-state index contributed by atoms with van der Waals surface area (Å²) >= 11 is 1.41. The summed E-state index contributed by atoms with van der Waals surface area (Å²) in [6, 6.07) is 9.29. The Morgan fingerprint density at radius 3 is 2.78 bits per heavy atom. The van der Waals surface area contributed by atoms with Gasteiger partial charge in [-0.15, -0.1) is 11.8 Å². The molecule has 2 rings (SSSR count). The predicted octanol–water partition coefficient (Wildman–Crippen LogP) is 3.97. The Bertz CT molecular complexity index is 565. The van der Waals surface area contributed by atoms with Gasteiger partial charge in [0.2, 0.25) is 5.76 Å². The molecule has 5 heteroatoms. The summed E-state index contributed by atoms with van der Waals surface area (Å²) in [5.74, 6) is -0.916. The maximum atomic E-state index is 13.0. The molecule has 94 valence electrons. The highest BCUT2D eigenvalue weighted by Gasteiger charge is 2.15. The number of aromatic carboxylic acids is 1. The van der Waals surface area contributed by atoms with E-state index in [1.165, 1.54) is 30.0 Å². The van der Waals surface area contributed by atoms with E-state index >= 15 is 0 Å². The minimum atomic E-state index is -1.09. The summed E-state index contributed by atoms with van der Waals surface area (Å²) < 4.78 is 18.2. The second-order valence-corrected chi connectivity index (χ2v) is 5.14. The Morgan fingerprint density at radius 2 is 2.17 bits per heavy atom. The average Bonchev–Trinajstić information content (AvgIpc) is 2.78. The largest absolute Gasteiger partial charge is 0.475 e. The lowest BCUT2D eigenvalue weighted by Gasteiger charge is -2.08. The lowest BCUT2D eigenvalue weighted by molar-refractivity contribution is 0.0660. The summed E-state index contributed by atoms with van der Waals surface area (Å²) in [5.41, 5.74) is 0. The highest BCUT2D eigenvalue weighted by molar-refractivity contribution is 7.99. The summed E-state index contributed by atoms with van der Waals surface area (Å²) in [7, 11) is 0.